The zero-order valence-corrected chi connectivity index (χ0v) is 16.5. The summed E-state index contributed by atoms with van der Waals surface area (Å²) in [5, 5.41) is 5.33. The molecule has 1 unspecified atom stereocenters. The number of imide groups is 1. The Labute approximate surface area is 168 Å². The van der Waals surface area contributed by atoms with Gasteiger partial charge in [0.2, 0.25) is 11.8 Å². The van der Waals surface area contributed by atoms with Gasteiger partial charge in [0, 0.05) is 18.3 Å². The van der Waals surface area contributed by atoms with E-state index in [1.807, 2.05) is 19.1 Å². The Morgan fingerprint density at radius 1 is 1.10 bits per heavy atom. The van der Waals surface area contributed by atoms with Gasteiger partial charge in [-0.15, -0.1) is 0 Å². The number of methoxy groups -OCH3 is 2. The molecule has 0 radical (unpaired) electrons. The van der Waals surface area contributed by atoms with E-state index in [2.05, 4.69) is 10.6 Å². The van der Waals surface area contributed by atoms with Crippen LogP contribution in [0, 0.1) is 5.92 Å². The Morgan fingerprint density at radius 3 is 2.41 bits per heavy atom. The molecule has 1 heterocycles. The van der Waals surface area contributed by atoms with Gasteiger partial charge in [-0.25, -0.2) is 9.69 Å². The molecule has 8 heteroatoms. The number of benzene rings is 2. The summed E-state index contributed by atoms with van der Waals surface area (Å²) in [7, 11) is 2.95. The SMILES string of the molecule is CCc1ccc(NC(=O)C2CNC(=O)N(c3ccc(OC)c(OC)c3)C2=O)cc1. The lowest BCUT2D eigenvalue weighted by molar-refractivity contribution is -0.130. The second-order valence-corrected chi connectivity index (χ2v) is 6.49. The minimum atomic E-state index is -1.05. The second kappa shape index (κ2) is 8.64. The molecule has 1 aliphatic rings. The molecule has 1 atom stereocenters. The van der Waals surface area contributed by atoms with Crippen molar-refractivity contribution in [1.82, 2.24) is 5.32 Å². The highest BCUT2D eigenvalue weighted by Crippen LogP contribution is 2.32. The van der Waals surface area contributed by atoms with Crippen LogP contribution in [-0.4, -0.2) is 38.6 Å². The van der Waals surface area contributed by atoms with E-state index >= 15 is 0 Å². The molecule has 29 heavy (non-hydrogen) atoms. The summed E-state index contributed by atoms with van der Waals surface area (Å²) in [6.45, 7) is 1.97. The van der Waals surface area contributed by atoms with Crippen molar-refractivity contribution in [2.45, 2.75) is 13.3 Å². The lowest BCUT2D eigenvalue weighted by Gasteiger charge is -2.31. The summed E-state index contributed by atoms with van der Waals surface area (Å²) in [5.74, 6) is -1.31. The summed E-state index contributed by atoms with van der Waals surface area (Å²) < 4.78 is 10.4. The smallest absolute Gasteiger partial charge is 0.328 e. The van der Waals surface area contributed by atoms with Crippen molar-refractivity contribution in [1.29, 1.82) is 0 Å². The van der Waals surface area contributed by atoms with E-state index < -0.39 is 23.8 Å². The number of rotatable bonds is 6. The largest absolute Gasteiger partial charge is 0.493 e. The molecule has 2 aromatic rings. The minimum Gasteiger partial charge on any atom is -0.493 e. The van der Waals surface area contributed by atoms with Crippen LogP contribution in [0.3, 0.4) is 0 Å². The number of hydrogen-bond acceptors (Lipinski definition) is 5. The summed E-state index contributed by atoms with van der Waals surface area (Å²) >= 11 is 0. The Balaban J connectivity index is 1.81. The molecule has 0 saturated carbocycles. The number of hydrogen-bond donors (Lipinski definition) is 2. The van der Waals surface area contributed by atoms with Gasteiger partial charge in [0.15, 0.2) is 11.5 Å². The molecule has 152 valence electrons. The van der Waals surface area contributed by atoms with Crippen molar-refractivity contribution in [3.63, 3.8) is 0 Å². The molecule has 1 saturated heterocycles. The average Bonchev–Trinajstić information content (AvgIpc) is 2.74. The van der Waals surface area contributed by atoms with Crippen LogP contribution in [0.2, 0.25) is 0 Å². The number of amides is 4. The van der Waals surface area contributed by atoms with Gasteiger partial charge in [-0.3, -0.25) is 9.59 Å². The van der Waals surface area contributed by atoms with Crippen LogP contribution in [0.1, 0.15) is 12.5 Å². The fourth-order valence-electron chi connectivity index (χ4n) is 3.08. The van der Waals surface area contributed by atoms with E-state index in [0.717, 1.165) is 16.9 Å². The number of aryl methyl sites for hydroxylation is 1. The maximum Gasteiger partial charge on any atom is 0.328 e. The monoisotopic (exact) mass is 397 g/mol. The predicted molar refractivity (Wildman–Crippen MR) is 108 cm³/mol. The van der Waals surface area contributed by atoms with Crippen LogP contribution in [0.15, 0.2) is 42.5 Å². The van der Waals surface area contributed by atoms with Gasteiger partial charge < -0.3 is 20.1 Å². The first kappa shape index (κ1) is 20.2. The van der Waals surface area contributed by atoms with Crippen molar-refractivity contribution in [2.75, 3.05) is 31.0 Å². The molecule has 2 N–H and O–H groups in total. The molecule has 3 rings (SSSR count). The summed E-state index contributed by atoms with van der Waals surface area (Å²) in [4.78, 5) is 38.9. The van der Waals surface area contributed by atoms with E-state index in [4.69, 9.17) is 9.47 Å². The molecule has 4 amide bonds. The Kier molecular flexibility index (Phi) is 6.01. The standard InChI is InChI=1S/C21H23N3O5/c1-4-13-5-7-14(8-6-13)23-19(25)16-12-22-21(27)24(20(16)26)15-9-10-17(28-2)18(11-15)29-3/h5-11,16H,4,12H2,1-3H3,(H,22,27)(H,23,25). The molecule has 1 fully saturated rings. The van der Waals surface area contributed by atoms with E-state index in [9.17, 15) is 14.4 Å². The number of carbonyl (C=O) groups excluding carboxylic acids is 3. The van der Waals surface area contributed by atoms with Gasteiger partial charge >= 0.3 is 6.03 Å². The molecule has 0 bridgehead atoms. The van der Waals surface area contributed by atoms with Crippen LogP contribution in [0.5, 0.6) is 11.5 Å². The van der Waals surface area contributed by atoms with Gasteiger partial charge in [-0.1, -0.05) is 19.1 Å². The number of urea groups is 1. The molecule has 1 aliphatic heterocycles. The highest BCUT2D eigenvalue weighted by molar-refractivity contribution is 6.23. The first-order chi connectivity index (χ1) is 14.0. The van der Waals surface area contributed by atoms with Gasteiger partial charge in [-0.05, 0) is 36.2 Å². The molecule has 0 spiro atoms. The third-order valence-corrected chi connectivity index (χ3v) is 4.75. The summed E-state index contributed by atoms with van der Waals surface area (Å²) in [5.41, 5.74) is 2.02. The van der Waals surface area contributed by atoms with Gasteiger partial charge in [0.25, 0.3) is 0 Å². The van der Waals surface area contributed by atoms with Crippen LogP contribution in [-0.2, 0) is 16.0 Å². The lowest BCUT2D eigenvalue weighted by Crippen LogP contribution is -2.58. The fourth-order valence-corrected chi connectivity index (χ4v) is 3.08. The third-order valence-electron chi connectivity index (χ3n) is 4.75. The number of ether oxygens (including phenoxy) is 2. The highest BCUT2D eigenvalue weighted by Gasteiger charge is 2.39. The van der Waals surface area contributed by atoms with Crippen molar-refractivity contribution >= 4 is 29.2 Å². The number of nitrogens with zero attached hydrogens (tertiary/aromatic N) is 1. The second-order valence-electron chi connectivity index (χ2n) is 6.49. The number of carbonyl (C=O) groups is 3. The highest BCUT2D eigenvalue weighted by atomic mass is 16.5. The topological polar surface area (TPSA) is 97.0 Å². The third kappa shape index (κ3) is 4.16. The molecule has 0 aromatic heterocycles. The van der Waals surface area contributed by atoms with Crippen molar-refractivity contribution in [3.05, 3.63) is 48.0 Å². The number of nitrogens with one attached hydrogen (secondary N) is 2. The Bertz CT molecular complexity index is 926. The van der Waals surface area contributed by atoms with Crippen LogP contribution in [0.4, 0.5) is 16.2 Å². The van der Waals surface area contributed by atoms with E-state index in [1.54, 1.807) is 24.3 Å². The zero-order chi connectivity index (χ0) is 21.0. The normalized spacial score (nSPS) is 16.2. The molecule has 2 aromatic carbocycles. The van der Waals surface area contributed by atoms with Gasteiger partial charge in [0.05, 0.1) is 19.9 Å². The molecule has 8 nitrogen and oxygen atoms in total. The van der Waals surface area contributed by atoms with Crippen molar-refractivity contribution in [3.8, 4) is 11.5 Å². The Hall–Kier alpha value is -3.55. The average molecular weight is 397 g/mol. The van der Waals surface area contributed by atoms with Crippen LogP contribution < -0.4 is 25.0 Å². The maximum absolute atomic E-state index is 13.0. The van der Waals surface area contributed by atoms with Crippen molar-refractivity contribution in [2.24, 2.45) is 5.92 Å². The number of anilines is 2. The molecular weight excluding hydrogens is 374 g/mol. The van der Waals surface area contributed by atoms with Gasteiger partial charge in [0.1, 0.15) is 5.92 Å². The molecular formula is C21H23N3O5. The van der Waals surface area contributed by atoms with Crippen molar-refractivity contribution < 1.29 is 23.9 Å². The fraction of sp³-hybridized carbons (Fsp3) is 0.286. The van der Waals surface area contributed by atoms with E-state index in [0.29, 0.717) is 17.2 Å². The first-order valence-corrected chi connectivity index (χ1v) is 9.22. The first-order valence-electron chi connectivity index (χ1n) is 9.22. The maximum atomic E-state index is 13.0. The predicted octanol–water partition coefficient (Wildman–Crippen LogP) is 2.58. The van der Waals surface area contributed by atoms with Crippen LogP contribution >= 0.6 is 0 Å². The van der Waals surface area contributed by atoms with E-state index in [-0.39, 0.29) is 12.2 Å². The van der Waals surface area contributed by atoms with Crippen LogP contribution in [0.25, 0.3) is 0 Å². The Morgan fingerprint density at radius 2 is 1.79 bits per heavy atom. The zero-order valence-electron chi connectivity index (χ0n) is 16.5. The lowest BCUT2D eigenvalue weighted by atomic mass is 10.0. The minimum absolute atomic E-state index is 0.0691. The van der Waals surface area contributed by atoms with E-state index in [1.165, 1.54) is 20.3 Å². The molecule has 0 aliphatic carbocycles. The van der Waals surface area contributed by atoms with Gasteiger partial charge in [-0.2, -0.15) is 0 Å². The summed E-state index contributed by atoms with van der Waals surface area (Å²) in [6, 6.07) is 11.5. The quantitative estimate of drug-likeness (QED) is 0.731. The summed E-state index contributed by atoms with van der Waals surface area (Å²) in [6.07, 6.45) is 0.891.